The monoisotopic (exact) mass is 420 g/mol. The van der Waals surface area contributed by atoms with E-state index in [1.807, 2.05) is 13.8 Å². The fourth-order valence-electron chi connectivity index (χ4n) is 5.45. The lowest BCUT2D eigenvalue weighted by molar-refractivity contribution is -0.147. The summed E-state index contributed by atoms with van der Waals surface area (Å²) in [6.45, 7) is 5.95. The van der Waals surface area contributed by atoms with Crippen molar-refractivity contribution in [2.75, 3.05) is 0 Å². The number of ether oxygens (including phenoxy) is 1. The van der Waals surface area contributed by atoms with Crippen LogP contribution in [0.2, 0.25) is 0 Å². The van der Waals surface area contributed by atoms with Gasteiger partial charge < -0.3 is 9.84 Å². The highest BCUT2D eigenvalue weighted by atomic mass is 16.5. The van der Waals surface area contributed by atoms with Crippen LogP contribution < -0.4 is 0 Å². The Balaban J connectivity index is 1.70. The topological polar surface area (TPSA) is 63.6 Å². The molecule has 1 N–H and O–H groups in total. The smallest absolute Gasteiger partial charge is 0.306 e. The van der Waals surface area contributed by atoms with Crippen LogP contribution in [-0.4, -0.2) is 28.6 Å². The van der Waals surface area contributed by atoms with Gasteiger partial charge in [0.25, 0.3) is 0 Å². The first-order valence-corrected chi connectivity index (χ1v) is 12.4. The Morgan fingerprint density at radius 1 is 1.20 bits per heavy atom. The van der Waals surface area contributed by atoms with Gasteiger partial charge in [0.05, 0.1) is 11.7 Å². The Labute approximate surface area is 183 Å². The van der Waals surface area contributed by atoms with Gasteiger partial charge in [0.2, 0.25) is 0 Å². The summed E-state index contributed by atoms with van der Waals surface area (Å²) < 4.78 is 5.14. The summed E-state index contributed by atoms with van der Waals surface area (Å²) in [6, 6.07) is 0. The maximum Gasteiger partial charge on any atom is 0.306 e. The van der Waals surface area contributed by atoms with E-state index < -0.39 is 5.60 Å². The van der Waals surface area contributed by atoms with Crippen LogP contribution in [0.15, 0.2) is 12.2 Å². The van der Waals surface area contributed by atoms with Crippen molar-refractivity contribution in [3.63, 3.8) is 0 Å². The van der Waals surface area contributed by atoms with Crippen LogP contribution in [0.5, 0.6) is 0 Å². The maximum absolute atomic E-state index is 12.6. The largest absolute Gasteiger partial charge is 0.463 e. The number of allylic oxidation sites excluding steroid dienone is 2. The average molecular weight is 421 g/mol. The van der Waals surface area contributed by atoms with E-state index >= 15 is 0 Å². The second kappa shape index (κ2) is 12.6. The number of carbonyl (C=O) groups is 2. The molecule has 0 unspecified atom stereocenters. The standard InChI is InChI=1S/C26H44O4/c1-4-5-6-9-12-16-26(29)17-15-22-21(19-26)18-24(27)23(22)13-10-7-8-11-14-25(28)30-20(2)3/h7,10,20-23,29H,4-6,8-9,11-19H2,1-3H3/b10-7-/t21-,22-,23+,26+/m0/s1. The Morgan fingerprint density at radius 2 is 1.97 bits per heavy atom. The van der Waals surface area contributed by atoms with Crippen LogP contribution in [0, 0.1) is 17.8 Å². The lowest BCUT2D eigenvalue weighted by Crippen LogP contribution is -2.38. The van der Waals surface area contributed by atoms with Crippen LogP contribution in [0.1, 0.15) is 111 Å². The van der Waals surface area contributed by atoms with Gasteiger partial charge in [0, 0.05) is 18.8 Å². The number of ketones is 1. The van der Waals surface area contributed by atoms with E-state index in [-0.39, 0.29) is 18.0 Å². The highest BCUT2D eigenvalue weighted by Gasteiger charge is 2.48. The number of carbonyl (C=O) groups excluding carboxylic acids is 2. The summed E-state index contributed by atoms with van der Waals surface area (Å²) in [5.74, 6) is 1.21. The third-order valence-corrected chi connectivity index (χ3v) is 7.01. The van der Waals surface area contributed by atoms with E-state index in [2.05, 4.69) is 19.1 Å². The minimum absolute atomic E-state index is 0.0522. The van der Waals surface area contributed by atoms with E-state index in [1.54, 1.807) is 0 Å². The Hall–Kier alpha value is -1.16. The molecule has 2 fully saturated rings. The lowest BCUT2D eigenvalue weighted by atomic mass is 9.69. The van der Waals surface area contributed by atoms with Crippen molar-refractivity contribution in [2.45, 2.75) is 122 Å². The third-order valence-electron chi connectivity index (χ3n) is 7.01. The summed E-state index contributed by atoms with van der Waals surface area (Å²) in [5.41, 5.74) is -0.539. The first-order chi connectivity index (χ1) is 14.3. The van der Waals surface area contributed by atoms with Gasteiger partial charge in [-0.3, -0.25) is 9.59 Å². The summed E-state index contributed by atoms with van der Waals surface area (Å²) in [6.07, 6.45) is 17.4. The Bertz CT molecular complexity index is 567. The first-order valence-electron chi connectivity index (χ1n) is 12.4. The van der Waals surface area contributed by atoms with Gasteiger partial charge in [0.1, 0.15) is 5.78 Å². The zero-order valence-corrected chi connectivity index (χ0v) is 19.5. The van der Waals surface area contributed by atoms with Gasteiger partial charge in [-0.1, -0.05) is 51.2 Å². The number of rotatable bonds is 13. The van der Waals surface area contributed by atoms with Gasteiger partial charge in [-0.05, 0) is 70.6 Å². The third kappa shape index (κ3) is 8.17. The molecule has 0 aromatic heterocycles. The second-order valence-corrected chi connectivity index (χ2v) is 9.97. The fourth-order valence-corrected chi connectivity index (χ4v) is 5.45. The Morgan fingerprint density at radius 3 is 2.70 bits per heavy atom. The zero-order valence-electron chi connectivity index (χ0n) is 19.5. The molecule has 2 aliphatic rings. The van der Waals surface area contributed by atoms with Crippen molar-refractivity contribution in [3.8, 4) is 0 Å². The molecule has 0 heterocycles. The predicted octanol–water partition coefficient (Wildman–Crippen LogP) is 6.15. The van der Waals surface area contributed by atoms with Crippen LogP contribution in [0.3, 0.4) is 0 Å². The van der Waals surface area contributed by atoms with Crippen LogP contribution in [0.4, 0.5) is 0 Å². The summed E-state index contributed by atoms with van der Waals surface area (Å²) in [7, 11) is 0. The number of aliphatic hydroxyl groups is 1. The van der Waals surface area contributed by atoms with E-state index in [4.69, 9.17) is 4.74 Å². The predicted molar refractivity (Wildman–Crippen MR) is 121 cm³/mol. The molecule has 4 atom stereocenters. The van der Waals surface area contributed by atoms with Crippen molar-refractivity contribution < 1.29 is 19.4 Å². The minimum atomic E-state index is -0.539. The number of Topliss-reactive ketones (excluding diaryl/α,β-unsaturated/α-hetero) is 1. The molecule has 0 radical (unpaired) electrons. The van der Waals surface area contributed by atoms with E-state index in [1.165, 1.54) is 25.7 Å². The molecule has 30 heavy (non-hydrogen) atoms. The Kier molecular flexibility index (Phi) is 10.6. The summed E-state index contributed by atoms with van der Waals surface area (Å²) >= 11 is 0. The molecule has 4 heteroatoms. The van der Waals surface area contributed by atoms with Crippen molar-refractivity contribution in [2.24, 2.45) is 17.8 Å². The molecule has 0 aromatic rings. The molecule has 0 spiro atoms. The van der Waals surface area contributed by atoms with Crippen LogP contribution >= 0.6 is 0 Å². The molecule has 0 bridgehead atoms. The highest BCUT2D eigenvalue weighted by molar-refractivity contribution is 5.84. The second-order valence-electron chi connectivity index (χ2n) is 9.97. The van der Waals surface area contributed by atoms with Gasteiger partial charge in [-0.25, -0.2) is 0 Å². The summed E-state index contributed by atoms with van der Waals surface area (Å²) in [4.78, 5) is 24.2. The van der Waals surface area contributed by atoms with Gasteiger partial charge >= 0.3 is 5.97 Å². The SMILES string of the molecule is CCCCCCC[C@@]1(O)CC[C@H]2[C@@H](CC(=O)[C@@H]2C/C=C\CCCC(=O)OC(C)C)C1. The molecular formula is C26H44O4. The normalized spacial score (nSPS) is 29.0. The lowest BCUT2D eigenvalue weighted by Gasteiger charge is -2.40. The van der Waals surface area contributed by atoms with Crippen molar-refractivity contribution >= 4 is 11.8 Å². The van der Waals surface area contributed by atoms with Crippen molar-refractivity contribution in [1.29, 1.82) is 0 Å². The first kappa shape index (κ1) is 25.1. The van der Waals surface area contributed by atoms with E-state index in [9.17, 15) is 14.7 Å². The maximum atomic E-state index is 12.6. The molecule has 172 valence electrons. The molecule has 0 saturated heterocycles. The van der Waals surface area contributed by atoms with Crippen LogP contribution in [0.25, 0.3) is 0 Å². The van der Waals surface area contributed by atoms with Crippen LogP contribution in [-0.2, 0) is 14.3 Å². The van der Waals surface area contributed by atoms with Gasteiger partial charge in [-0.2, -0.15) is 0 Å². The molecule has 2 aliphatic carbocycles. The number of hydrogen-bond acceptors (Lipinski definition) is 4. The number of fused-ring (bicyclic) bond motifs is 1. The number of hydrogen-bond donors (Lipinski definition) is 1. The molecule has 0 amide bonds. The van der Waals surface area contributed by atoms with Gasteiger partial charge in [-0.15, -0.1) is 0 Å². The molecule has 0 aliphatic heterocycles. The van der Waals surface area contributed by atoms with Crippen molar-refractivity contribution in [1.82, 2.24) is 0 Å². The van der Waals surface area contributed by atoms with E-state index in [0.29, 0.717) is 30.5 Å². The fraction of sp³-hybridized carbons (Fsp3) is 0.846. The molecular weight excluding hydrogens is 376 g/mol. The van der Waals surface area contributed by atoms with Crippen molar-refractivity contribution in [3.05, 3.63) is 12.2 Å². The quantitative estimate of drug-likeness (QED) is 0.220. The zero-order chi connectivity index (χ0) is 22.0. The minimum Gasteiger partial charge on any atom is -0.463 e. The number of unbranched alkanes of at least 4 members (excludes halogenated alkanes) is 5. The molecule has 2 rings (SSSR count). The number of esters is 1. The average Bonchev–Trinajstić information content (AvgIpc) is 2.97. The highest BCUT2D eigenvalue weighted by Crippen LogP contribution is 2.49. The van der Waals surface area contributed by atoms with E-state index in [0.717, 1.165) is 51.4 Å². The summed E-state index contributed by atoms with van der Waals surface area (Å²) in [5, 5.41) is 11.1. The molecule has 0 aromatic carbocycles. The molecule has 4 nitrogen and oxygen atoms in total. The van der Waals surface area contributed by atoms with Gasteiger partial charge in [0.15, 0.2) is 0 Å². The molecule has 2 saturated carbocycles.